The van der Waals surface area contributed by atoms with Crippen molar-refractivity contribution in [2.75, 3.05) is 19.5 Å². The third kappa shape index (κ3) is 5.36. The molecule has 0 aliphatic carbocycles. The average Bonchev–Trinajstić information content (AvgIpc) is 2.27. The molecule has 94 valence electrons. The molecule has 1 aromatic rings. The van der Waals surface area contributed by atoms with Gasteiger partial charge in [0.1, 0.15) is 0 Å². The van der Waals surface area contributed by atoms with Gasteiger partial charge in [0.25, 0.3) is 0 Å². The van der Waals surface area contributed by atoms with Crippen LogP contribution in [0.25, 0.3) is 0 Å². The van der Waals surface area contributed by atoms with Crippen LogP contribution in [0.2, 0.25) is 0 Å². The summed E-state index contributed by atoms with van der Waals surface area (Å²) in [7, 11) is 1.64. The number of benzene rings is 1. The first-order valence-electron chi connectivity index (χ1n) is 5.72. The molecule has 0 saturated carbocycles. The summed E-state index contributed by atoms with van der Waals surface area (Å²) >= 11 is 0. The summed E-state index contributed by atoms with van der Waals surface area (Å²) < 4.78 is 4.99. The summed E-state index contributed by atoms with van der Waals surface area (Å²) in [5, 5.41) is 2.87. The lowest BCUT2D eigenvalue weighted by atomic mass is 10.1. The number of ether oxygens (including phenoxy) is 1. The Morgan fingerprint density at radius 3 is 2.94 bits per heavy atom. The molecule has 0 aliphatic rings. The first-order chi connectivity index (χ1) is 8.11. The Labute approximate surface area is 102 Å². The smallest absolute Gasteiger partial charge is 0.220 e. The Hall–Kier alpha value is -1.55. The minimum Gasteiger partial charge on any atom is -0.399 e. The van der Waals surface area contributed by atoms with Crippen LogP contribution in [-0.2, 0) is 16.1 Å². The van der Waals surface area contributed by atoms with Gasteiger partial charge >= 0.3 is 0 Å². The number of nitrogen functional groups attached to an aromatic ring is 1. The SMILES string of the molecule is COCC(C)CC(=O)NCc1cccc(N)c1. The molecule has 0 fully saturated rings. The van der Waals surface area contributed by atoms with E-state index in [-0.39, 0.29) is 11.8 Å². The maximum Gasteiger partial charge on any atom is 0.220 e. The number of methoxy groups -OCH3 is 1. The molecule has 0 radical (unpaired) electrons. The van der Waals surface area contributed by atoms with E-state index in [1.54, 1.807) is 7.11 Å². The normalized spacial score (nSPS) is 12.1. The molecule has 1 unspecified atom stereocenters. The van der Waals surface area contributed by atoms with Gasteiger partial charge in [-0.15, -0.1) is 0 Å². The number of carbonyl (C=O) groups excluding carboxylic acids is 1. The first kappa shape index (κ1) is 13.5. The van der Waals surface area contributed by atoms with Crippen LogP contribution in [0.1, 0.15) is 18.9 Å². The number of nitrogens with one attached hydrogen (secondary N) is 1. The van der Waals surface area contributed by atoms with Crippen molar-refractivity contribution >= 4 is 11.6 Å². The zero-order valence-electron chi connectivity index (χ0n) is 10.4. The van der Waals surface area contributed by atoms with Crippen molar-refractivity contribution in [2.24, 2.45) is 5.92 Å². The van der Waals surface area contributed by atoms with E-state index in [0.717, 1.165) is 5.56 Å². The van der Waals surface area contributed by atoms with E-state index in [0.29, 0.717) is 25.3 Å². The van der Waals surface area contributed by atoms with Crippen LogP contribution in [0.4, 0.5) is 5.69 Å². The molecule has 0 aliphatic heterocycles. The summed E-state index contributed by atoms with van der Waals surface area (Å²) in [6.07, 6.45) is 0.482. The van der Waals surface area contributed by atoms with Crippen LogP contribution in [0.15, 0.2) is 24.3 Å². The van der Waals surface area contributed by atoms with Gasteiger partial charge in [-0.05, 0) is 23.6 Å². The number of anilines is 1. The van der Waals surface area contributed by atoms with E-state index in [4.69, 9.17) is 10.5 Å². The summed E-state index contributed by atoms with van der Waals surface area (Å²) in [5.74, 6) is 0.276. The Morgan fingerprint density at radius 1 is 1.53 bits per heavy atom. The summed E-state index contributed by atoms with van der Waals surface area (Å²) in [4.78, 5) is 11.6. The van der Waals surface area contributed by atoms with Crippen LogP contribution >= 0.6 is 0 Å². The third-order valence-electron chi connectivity index (χ3n) is 2.43. The van der Waals surface area contributed by atoms with E-state index in [2.05, 4.69) is 5.32 Å². The number of nitrogens with two attached hydrogens (primary N) is 1. The molecule has 1 rings (SSSR count). The maximum atomic E-state index is 11.6. The minimum atomic E-state index is 0.0389. The quantitative estimate of drug-likeness (QED) is 0.737. The minimum absolute atomic E-state index is 0.0389. The highest BCUT2D eigenvalue weighted by molar-refractivity contribution is 5.76. The van der Waals surface area contributed by atoms with Crippen LogP contribution < -0.4 is 11.1 Å². The molecule has 1 atom stereocenters. The summed E-state index contributed by atoms with van der Waals surface area (Å²) in [6, 6.07) is 7.50. The van der Waals surface area contributed by atoms with Crippen LogP contribution in [-0.4, -0.2) is 19.6 Å². The van der Waals surface area contributed by atoms with Crippen molar-refractivity contribution in [2.45, 2.75) is 19.9 Å². The van der Waals surface area contributed by atoms with Gasteiger partial charge in [0, 0.05) is 32.4 Å². The first-order valence-corrected chi connectivity index (χ1v) is 5.72. The molecule has 0 bridgehead atoms. The molecule has 4 heteroatoms. The van der Waals surface area contributed by atoms with Crippen LogP contribution in [0.5, 0.6) is 0 Å². The fourth-order valence-electron chi connectivity index (χ4n) is 1.64. The Kier molecular flexibility index (Phi) is 5.49. The molecular formula is C13H20N2O2. The van der Waals surface area contributed by atoms with Crippen LogP contribution in [0, 0.1) is 5.92 Å². The maximum absolute atomic E-state index is 11.6. The fraction of sp³-hybridized carbons (Fsp3) is 0.462. The lowest BCUT2D eigenvalue weighted by Gasteiger charge is -2.10. The van der Waals surface area contributed by atoms with Gasteiger partial charge in [0.2, 0.25) is 5.91 Å². The van der Waals surface area contributed by atoms with Gasteiger partial charge in [0.15, 0.2) is 0 Å². The van der Waals surface area contributed by atoms with Crippen molar-refractivity contribution in [1.29, 1.82) is 0 Å². The molecule has 4 nitrogen and oxygen atoms in total. The molecule has 0 saturated heterocycles. The number of hydrogen-bond donors (Lipinski definition) is 2. The van der Waals surface area contributed by atoms with Crippen molar-refractivity contribution in [3.8, 4) is 0 Å². The number of hydrogen-bond acceptors (Lipinski definition) is 3. The van der Waals surface area contributed by atoms with Gasteiger partial charge in [-0.25, -0.2) is 0 Å². The second kappa shape index (κ2) is 6.91. The molecule has 0 heterocycles. The standard InChI is InChI=1S/C13H20N2O2/c1-10(9-17-2)6-13(16)15-8-11-4-3-5-12(14)7-11/h3-5,7,10H,6,8-9,14H2,1-2H3,(H,15,16). The third-order valence-corrected chi connectivity index (χ3v) is 2.43. The van der Waals surface area contributed by atoms with Gasteiger partial charge in [-0.1, -0.05) is 19.1 Å². The molecule has 1 aromatic carbocycles. The van der Waals surface area contributed by atoms with E-state index < -0.39 is 0 Å². The largest absolute Gasteiger partial charge is 0.399 e. The summed E-state index contributed by atoms with van der Waals surface area (Å²) in [6.45, 7) is 3.11. The van der Waals surface area contributed by atoms with Crippen molar-refractivity contribution in [1.82, 2.24) is 5.32 Å². The lowest BCUT2D eigenvalue weighted by molar-refractivity contribution is -0.122. The van der Waals surface area contributed by atoms with Crippen molar-refractivity contribution in [3.63, 3.8) is 0 Å². The van der Waals surface area contributed by atoms with Gasteiger partial charge < -0.3 is 15.8 Å². The molecule has 1 amide bonds. The molecule has 17 heavy (non-hydrogen) atoms. The number of carbonyl (C=O) groups is 1. The van der Waals surface area contributed by atoms with E-state index in [9.17, 15) is 4.79 Å². The molecular weight excluding hydrogens is 216 g/mol. The van der Waals surface area contributed by atoms with E-state index >= 15 is 0 Å². The predicted octanol–water partition coefficient (Wildman–Crippen LogP) is 1.56. The lowest BCUT2D eigenvalue weighted by Crippen LogP contribution is -2.25. The van der Waals surface area contributed by atoms with E-state index in [1.165, 1.54) is 0 Å². The number of amides is 1. The highest BCUT2D eigenvalue weighted by Crippen LogP contribution is 2.07. The Morgan fingerprint density at radius 2 is 2.29 bits per heavy atom. The van der Waals surface area contributed by atoms with Crippen LogP contribution in [0.3, 0.4) is 0 Å². The second-order valence-electron chi connectivity index (χ2n) is 4.29. The Balaban J connectivity index is 2.33. The fourth-order valence-corrected chi connectivity index (χ4v) is 1.64. The average molecular weight is 236 g/mol. The predicted molar refractivity (Wildman–Crippen MR) is 68.4 cm³/mol. The van der Waals surface area contributed by atoms with E-state index in [1.807, 2.05) is 31.2 Å². The highest BCUT2D eigenvalue weighted by Gasteiger charge is 2.08. The van der Waals surface area contributed by atoms with Gasteiger partial charge in [0.05, 0.1) is 0 Å². The zero-order valence-corrected chi connectivity index (χ0v) is 10.4. The monoisotopic (exact) mass is 236 g/mol. The second-order valence-corrected chi connectivity index (χ2v) is 4.29. The molecule has 3 N–H and O–H groups in total. The number of rotatable bonds is 6. The molecule has 0 aromatic heterocycles. The Bertz CT molecular complexity index is 366. The summed E-state index contributed by atoms with van der Waals surface area (Å²) in [5.41, 5.74) is 7.38. The van der Waals surface area contributed by atoms with Gasteiger partial charge in [-0.3, -0.25) is 4.79 Å². The van der Waals surface area contributed by atoms with Gasteiger partial charge in [-0.2, -0.15) is 0 Å². The topological polar surface area (TPSA) is 64.3 Å². The van der Waals surface area contributed by atoms with Crippen molar-refractivity contribution < 1.29 is 9.53 Å². The molecule has 0 spiro atoms. The van der Waals surface area contributed by atoms with Crippen molar-refractivity contribution in [3.05, 3.63) is 29.8 Å². The highest BCUT2D eigenvalue weighted by atomic mass is 16.5. The zero-order chi connectivity index (χ0) is 12.7.